The van der Waals surface area contributed by atoms with Crippen LogP contribution in [0.15, 0.2) is 17.5 Å². The molecule has 0 amide bonds. The van der Waals surface area contributed by atoms with E-state index < -0.39 is 0 Å². The Balaban J connectivity index is 0.000000591. The van der Waals surface area contributed by atoms with Crippen LogP contribution >= 0.6 is 34.0 Å². The fourth-order valence-corrected chi connectivity index (χ4v) is 9.13. The van der Waals surface area contributed by atoms with E-state index in [1.165, 1.54) is 70.7 Å². The van der Waals surface area contributed by atoms with Gasteiger partial charge in [0.05, 0.1) is 6.10 Å². The Morgan fingerprint density at radius 3 is 1.96 bits per heavy atom. The van der Waals surface area contributed by atoms with Crippen molar-refractivity contribution >= 4 is 34.0 Å². The van der Waals surface area contributed by atoms with Gasteiger partial charge in [-0.15, -0.1) is 34.0 Å². The summed E-state index contributed by atoms with van der Waals surface area (Å²) in [7, 11) is 4.10. The number of rotatable bonds is 9. The lowest BCUT2D eigenvalue weighted by Crippen LogP contribution is -2.20. The molecule has 4 N–H and O–H groups in total. The summed E-state index contributed by atoms with van der Waals surface area (Å²) >= 11 is 5.86. The monoisotopic (exact) mass is 707 g/mol. The van der Waals surface area contributed by atoms with Gasteiger partial charge in [0.25, 0.3) is 0 Å². The van der Waals surface area contributed by atoms with Gasteiger partial charge < -0.3 is 21.1 Å². The maximum atomic E-state index is 5.29. The second-order valence-electron chi connectivity index (χ2n) is 12.0. The van der Waals surface area contributed by atoms with Gasteiger partial charge in [-0.25, -0.2) is 0 Å². The van der Waals surface area contributed by atoms with Crippen LogP contribution in [-0.2, 0) is 24.0 Å². The molecule has 3 atom stereocenters. The van der Waals surface area contributed by atoms with Crippen molar-refractivity contribution in [3.8, 4) is 0 Å². The molecule has 2 aliphatic carbocycles. The molecule has 2 aliphatic rings. The highest BCUT2D eigenvalue weighted by Crippen LogP contribution is 2.38. The number of fused-ring (bicyclic) bond motifs is 2. The summed E-state index contributed by atoms with van der Waals surface area (Å²) in [6.07, 6.45) is 10.6. The SMILES string of the molecule is CC.CC.CCCOC(C)CN.CCc1cc(C)c(C)s1.CNCC1CCCc2sc(C)cc21.CNCC1CCCc2scc(C)c21. The molecule has 3 heterocycles. The minimum Gasteiger partial charge on any atom is -0.377 e. The van der Waals surface area contributed by atoms with Crippen LogP contribution in [0.25, 0.3) is 0 Å². The van der Waals surface area contributed by atoms with Crippen molar-refractivity contribution in [2.24, 2.45) is 5.73 Å². The molecule has 3 aromatic heterocycles. The lowest BCUT2D eigenvalue weighted by molar-refractivity contribution is 0.0724. The lowest BCUT2D eigenvalue weighted by Gasteiger charge is -2.23. The van der Waals surface area contributed by atoms with E-state index >= 15 is 0 Å². The summed E-state index contributed by atoms with van der Waals surface area (Å²) in [6.45, 7) is 26.8. The van der Waals surface area contributed by atoms with Crippen LogP contribution in [-0.4, -0.2) is 46.4 Å². The Morgan fingerprint density at radius 1 is 0.851 bits per heavy atom. The zero-order valence-electron chi connectivity index (χ0n) is 32.7. The van der Waals surface area contributed by atoms with Crippen molar-refractivity contribution < 1.29 is 4.74 Å². The molecule has 3 unspecified atom stereocenters. The van der Waals surface area contributed by atoms with E-state index in [0.29, 0.717) is 6.54 Å². The number of hydrogen-bond acceptors (Lipinski definition) is 7. The van der Waals surface area contributed by atoms with Crippen LogP contribution in [0.3, 0.4) is 0 Å². The zero-order valence-corrected chi connectivity index (χ0v) is 35.1. The van der Waals surface area contributed by atoms with Gasteiger partial charge in [0.2, 0.25) is 0 Å². The van der Waals surface area contributed by atoms with Gasteiger partial charge in [-0.1, -0.05) is 41.5 Å². The Morgan fingerprint density at radius 2 is 1.45 bits per heavy atom. The topological polar surface area (TPSA) is 59.3 Å². The summed E-state index contributed by atoms with van der Waals surface area (Å²) in [5, 5.41) is 8.91. The largest absolute Gasteiger partial charge is 0.377 e. The molecule has 0 fully saturated rings. The Kier molecular flexibility index (Phi) is 27.1. The summed E-state index contributed by atoms with van der Waals surface area (Å²) in [4.78, 5) is 7.73. The molecule has 0 saturated heterocycles. The Labute approximate surface area is 303 Å². The van der Waals surface area contributed by atoms with E-state index in [1.807, 2.05) is 75.7 Å². The van der Waals surface area contributed by atoms with Gasteiger partial charge in [0, 0.05) is 50.6 Å². The van der Waals surface area contributed by atoms with Crippen LogP contribution in [0.5, 0.6) is 0 Å². The number of aryl methyl sites for hydroxylation is 7. The standard InChI is InChI=1S/2C11H17NS.C8H12S.C6H15NO.2C2H6/c1-8-7-13-10-5-3-4-9(6-12-2)11(8)10;1-8-6-10-9(7-12-2)4-3-5-11(10)13-8;1-4-8-5-6(2)7(3)9-8;1-3-4-8-6(2)5-7;2*1-2/h7,9,12H,3-6H2,1-2H3;6,9,12H,3-5,7H2,1-2H3;5H,4H2,1-3H3;6H,3-5,7H2,1-2H3;2*1-2H3. The fourth-order valence-electron chi connectivity index (χ4n) is 5.81. The van der Waals surface area contributed by atoms with Gasteiger partial charge >= 0.3 is 0 Å². The minimum absolute atomic E-state index is 0.231. The van der Waals surface area contributed by atoms with Crippen molar-refractivity contribution in [1.29, 1.82) is 0 Å². The van der Waals surface area contributed by atoms with E-state index in [9.17, 15) is 0 Å². The van der Waals surface area contributed by atoms with Crippen molar-refractivity contribution in [3.05, 3.63) is 64.2 Å². The molecule has 47 heavy (non-hydrogen) atoms. The second kappa shape index (κ2) is 27.7. The third kappa shape index (κ3) is 16.9. The average molecular weight is 708 g/mol. The maximum absolute atomic E-state index is 5.29. The first-order chi connectivity index (χ1) is 22.7. The first-order valence-electron chi connectivity index (χ1n) is 18.5. The Bertz CT molecular complexity index is 1140. The van der Waals surface area contributed by atoms with Crippen molar-refractivity contribution in [2.75, 3.05) is 40.3 Å². The predicted molar refractivity (Wildman–Crippen MR) is 218 cm³/mol. The van der Waals surface area contributed by atoms with E-state index in [0.717, 1.165) is 38.0 Å². The van der Waals surface area contributed by atoms with Crippen molar-refractivity contribution in [2.45, 2.75) is 145 Å². The number of likely N-dealkylation sites (N-methyl/N-ethyl adjacent to an activating group) is 2. The smallest absolute Gasteiger partial charge is 0.0669 e. The molecule has 0 aromatic carbocycles. The number of ether oxygens (including phenoxy) is 1. The number of nitrogens with one attached hydrogen (secondary N) is 2. The van der Waals surface area contributed by atoms with Crippen LogP contribution in [0.2, 0.25) is 0 Å². The van der Waals surface area contributed by atoms with E-state index in [1.54, 1.807) is 20.9 Å². The molecule has 0 radical (unpaired) electrons. The predicted octanol–water partition coefficient (Wildman–Crippen LogP) is 11.1. The minimum atomic E-state index is 0.231. The molecule has 0 bridgehead atoms. The van der Waals surface area contributed by atoms with Crippen LogP contribution in [0.4, 0.5) is 0 Å². The fraction of sp³-hybridized carbons (Fsp3) is 0.700. The van der Waals surface area contributed by atoms with Gasteiger partial charge in [-0.05, 0) is 152 Å². The Hall–Kier alpha value is -1.06. The lowest BCUT2D eigenvalue weighted by atomic mass is 9.85. The van der Waals surface area contributed by atoms with Gasteiger partial charge in [0.1, 0.15) is 0 Å². The summed E-state index contributed by atoms with van der Waals surface area (Å²) in [5.74, 6) is 1.55. The van der Waals surface area contributed by atoms with Crippen LogP contribution < -0.4 is 16.4 Å². The third-order valence-corrected chi connectivity index (χ3v) is 11.8. The van der Waals surface area contributed by atoms with Gasteiger partial charge in [-0.3, -0.25) is 0 Å². The normalized spacial score (nSPS) is 16.5. The van der Waals surface area contributed by atoms with Crippen LogP contribution in [0, 0.1) is 27.7 Å². The van der Waals surface area contributed by atoms with Gasteiger partial charge in [-0.2, -0.15) is 0 Å². The molecule has 4 nitrogen and oxygen atoms in total. The first kappa shape index (κ1) is 45.9. The highest BCUT2D eigenvalue weighted by molar-refractivity contribution is 7.12. The maximum Gasteiger partial charge on any atom is 0.0669 e. The molecule has 7 heteroatoms. The third-order valence-electron chi connectivity index (χ3n) is 8.23. The van der Waals surface area contributed by atoms with Crippen molar-refractivity contribution in [1.82, 2.24) is 10.6 Å². The zero-order chi connectivity index (χ0) is 35.8. The van der Waals surface area contributed by atoms with E-state index in [-0.39, 0.29) is 6.10 Å². The summed E-state index contributed by atoms with van der Waals surface area (Å²) in [5.41, 5.74) is 11.5. The molecule has 3 aromatic rings. The van der Waals surface area contributed by atoms with E-state index in [2.05, 4.69) is 76.7 Å². The molecule has 0 aliphatic heterocycles. The molecule has 272 valence electrons. The first-order valence-corrected chi connectivity index (χ1v) is 21.0. The highest BCUT2D eigenvalue weighted by atomic mass is 32.1. The number of nitrogens with two attached hydrogens (primary N) is 1. The number of hydrogen-bond donors (Lipinski definition) is 3. The summed E-state index contributed by atoms with van der Waals surface area (Å²) in [6, 6.07) is 4.67. The van der Waals surface area contributed by atoms with Crippen molar-refractivity contribution in [3.63, 3.8) is 0 Å². The van der Waals surface area contributed by atoms with Crippen LogP contribution in [0.1, 0.15) is 139 Å². The quantitative estimate of drug-likeness (QED) is 0.207. The molecule has 0 saturated carbocycles. The average Bonchev–Trinajstić information content (AvgIpc) is 3.78. The van der Waals surface area contributed by atoms with Gasteiger partial charge in [0.15, 0.2) is 0 Å². The summed E-state index contributed by atoms with van der Waals surface area (Å²) < 4.78 is 5.22. The number of thiophene rings is 3. The molecular weight excluding hydrogens is 635 g/mol. The molecule has 0 spiro atoms. The molecule has 5 rings (SSSR count). The van der Waals surface area contributed by atoms with E-state index in [4.69, 9.17) is 10.5 Å². The molecular formula is C40H73N3OS3. The highest BCUT2D eigenvalue weighted by Gasteiger charge is 2.23. The second-order valence-corrected chi connectivity index (χ2v) is 15.7.